The maximum Gasteiger partial charge on any atom is 0.365 e. The molecular weight excluding hydrogens is 224 g/mol. The molecule has 0 bridgehead atoms. The van der Waals surface area contributed by atoms with Gasteiger partial charge < -0.3 is 9.84 Å². The SMILES string of the molecule is Cc1ccc(C)c2c1OCCC2SC(=O)O. The average Bonchev–Trinajstić information content (AvgIpc) is 2.23. The number of carboxylic acid groups (broad SMARTS) is 1. The highest BCUT2D eigenvalue weighted by Gasteiger charge is 2.27. The zero-order chi connectivity index (χ0) is 11.7. The third-order valence-electron chi connectivity index (χ3n) is 2.80. The third-order valence-corrected chi connectivity index (χ3v) is 3.76. The molecule has 1 aliphatic heterocycles. The van der Waals surface area contributed by atoms with E-state index in [2.05, 4.69) is 0 Å². The molecule has 1 unspecified atom stereocenters. The summed E-state index contributed by atoms with van der Waals surface area (Å²) in [6, 6.07) is 4.04. The summed E-state index contributed by atoms with van der Waals surface area (Å²) in [7, 11) is 0. The van der Waals surface area contributed by atoms with Crippen LogP contribution >= 0.6 is 11.8 Å². The molecule has 3 nitrogen and oxygen atoms in total. The molecule has 0 saturated carbocycles. The normalized spacial score (nSPS) is 18.8. The lowest BCUT2D eigenvalue weighted by molar-refractivity contribution is 0.221. The molecule has 0 aliphatic carbocycles. The van der Waals surface area contributed by atoms with E-state index < -0.39 is 5.30 Å². The van der Waals surface area contributed by atoms with E-state index in [1.807, 2.05) is 26.0 Å². The number of rotatable bonds is 1. The Morgan fingerprint density at radius 3 is 2.81 bits per heavy atom. The fourth-order valence-electron chi connectivity index (χ4n) is 2.05. The van der Waals surface area contributed by atoms with Crippen molar-refractivity contribution in [2.45, 2.75) is 25.5 Å². The number of carbonyl (C=O) groups is 1. The Morgan fingerprint density at radius 2 is 2.12 bits per heavy atom. The highest BCUT2D eigenvalue weighted by atomic mass is 32.2. The van der Waals surface area contributed by atoms with E-state index in [1.165, 1.54) is 0 Å². The van der Waals surface area contributed by atoms with Gasteiger partial charge >= 0.3 is 5.30 Å². The van der Waals surface area contributed by atoms with E-state index >= 15 is 0 Å². The Balaban J connectivity index is 2.44. The van der Waals surface area contributed by atoms with Crippen molar-refractivity contribution in [1.82, 2.24) is 0 Å². The molecule has 0 radical (unpaired) electrons. The standard InChI is InChI=1S/C12H14O3S/c1-7-3-4-8(2)11-10(7)9(5-6-15-11)16-12(13)14/h3-4,9H,5-6H2,1-2H3,(H,13,14). The highest BCUT2D eigenvalue weighted by molar-refractivity contribution is 8.13. The fourth-order valence-corrected chi connectivity index (χ4v) is 2.92. The van der Waals surface area contributed by atoms with Crippen LogP contribution in [-0.4, -0.2) is 17.0 Å². The first kappa shape index (κ1) is 11.3. The monoisotopic (exact) mass is 238 g/mol. The van der Waals surface area contributed by atoms with E-state index in [0.717, 1.165) is 40.6 Å². The van der Waals surface area contributed by atoms with Gasteiger partial charge in [-0.05, 0) is 43.2 Å². The van der Waals surface area contributed by atoms with Crippen molar-refractivity contribution in [3.8, 4) is 5.75 Å². The minimum atomic E-state index is -0.821. The number of ether oxygens (including phenoxy) is 1. The number of aryl methyl sites for hydroxylation is 2. The molecule has 0 amide bonds. The van der Waals surface area contributed by atoms with Gasteiger partial charge in [-0.3, -0.25) is 0 Å². The van der Waals surface area contributed by atoms with Gasteiger partial charge in [-0.2, -0.15) is 0 Å². The molecule has 1 N–H and O–H groups in total. The Kier molecular flexibility index (Phi) is 3.10. The second kappa shape index (κ2) is 4.37. The maximum absolute atomic E-state index is 10.8. The average molecular weight is 238 g/mol. The molecule has 2 rings (SSSR count). The lowest BCUT2D eigenvalue weighted by Gasteiger charge is -2.27. The van der Waals surface area contributed by atoms with Crippen LogP contribution in [-0.2, 0) is 0 Å². The molecular formula is C12H14O3S. The van der Waals surface area contributed by atoms with Crippen LogP contribution < -0.4 is 4.74 Å². The summed E-state index contributed by atoms with van der Waals surface area (Å²) in [5.74, 6) is 0.880. The summed E-state index contributed by atoms with van der Waals surface area (Å²) in [4.78, 5) is 10.8. The van der Waals surface area contributed by atoms with E-state index in [4.69, 9.17) is 9.84 Å². The molecule has 1 aromatic carbocycles. The maximum atomic E-state index is 10.8. The largest absolute Gasteiger partial charge is 0.493 e. The van der Waals surface area contributed by atoms with Gasteiger partial charge in [-0.15, -0.1) is 0 Å². The van der Waals surface area contributed by atoms with Gasteiger partial charge in [0, 0.05) is 10.8 Å². The molecule has 0 aromatic heterocycles. The fraction of sp³-hybridized carbons (Fsp3) is 0.417. The van der Waals surface area contributed by atoms with Crippen LogP contribution in [0.15, 0.2) is 12.1 Å². The number of hydrogen-bond donors (Lipinski definition) is 1. The lowest BCUT2D eigenvalue weighted by atomic mass is 9.97. The number of benzene rings is 1. The Bertz CT molecular complexity index is 429. The van der Waals surface area contributed by atoms with Gasteiger partial charge in [-0.1, -0.05) is 12.1 Å². The van der Waals surface area contributed by atoms with Crippen molar-refractivity contribution in [2.24, 2.45) is 0 Å². The van der Waals surface area contributed by atoms with Gasteiger partial charge in [0.05, 0.1) is 6.61 Å². The van der Waals surface area contributed by atoms with Gasteiger partial charge in [0.1, 0.15) is 5.75 Å². The van der Waals surface area contributed by atoms with Gasteiger partial charge in [0.25, 0.3) is 0 Å². The molecule has 4 heteroatoms. The third kappa shape index (κ3) is 2.02. The minimum Gasteiger partial charge on any atom is -0.493 e. The molecule has 0 saturated heterocycles. The van der Waals surface area contributed by atoms with Crippen LogP contribution in [0.5, 0.6) is 5.75 Å². The Morgan fingerprint density at radius 1 is 1.44 bits per heavy atom. The molecule has 1 heterocycles. The van der Waals surface area contributed by atoms with Crippen LogP contribution in [0.3, 0.4) is 0 Å². The second-order valence-corrected chi connectivity index (χ2v) is 5.11. The van der Waals surface area contributed by atoms with Crippen molar-refractivity contribution < 1.29 is 14.6 Å². The van der Waals surface area contributed by atoms with E-state index in [-0.39, 0.29) is 5.25 Å². The first-order chi connectivity index (χ1) is 7.59. The highest BCUT2D eigenvalue weighted by Crippen LogP contribution is 2.44. The Labute approximate surface area is 98.8 Å². The summed E-state index contributed by atoms with van der Waals surface area (Å²) >= 11 is 0.978. The van der Waals surface area contributed by atoms with Crippen molar-refractivity contribution in [2.75, 3.05) is 6.61 Å². The predicted octanol–water partition coefficient (Wildman–Crippen LogP) is 3.54. The smallest absolute Gasteiger partial charge is 0.365 e. The summed E-state index contributed by atoms with van der Waals surface area (Å²) in [5.41, 5.74) is 3.24. The number of thioether (sulfide) groups is 1. The topological polar surface area (TPSA) is 46.5 Å². The lowest BCUT2D eigenvalue weighted by Crippen LogP contribution is -2.15. The van der Waals surface area contributed by atoms with Crippen LogP contribution in [0.2, 0.25) is 0 Å². The molecule has 1 atom stereocenters. The first-order valence-electron chi connectivity index (χ1n) is 5.22. The van der Waals surface area contributed by atoms with Crippen LogP contribution in [0.1, 0.15) is 28.4 Å². The van der Waals surface area contributed by atoms with Crippen LogP contribution in [0.25, 0.3) is 0 Å². The van der Waals surface area contributed by atoms with Crippen molar-refractivity contribution in [1.29, 1.82) is 0 Å². The minimum absolute atomic E-state index is 0.0150. The zero-order valence-corrected chi connectivity index (χ0v) is 10.1. The van der Waals surface area contributed by atoms with Crippen molar-refractivity contribution in [3.63, 3.8) is 0 Å². The summed E-state index contributed by atoms with van der Waals surface area (Å²) < 4.78 is 5.64. The van der Waals surface area contributed by atoms with E-state index in [0.29, 0.717) is 6.61 Å². The molecule has 1 aromatic rings. The van der Waals surface area contributed by atoms with Crippen molar-refractivity contribution >= 4 is 17.1 Å². The molecule has 0 fully saturated rings. The first-order valence-corrected chi connectivity index (χ1v) is 6.10. The quantitative estimate of drug-likeness (QED) is 0.813. The predicted molar refractivity (Wildman–Crippen MR) is 64.4 cm³/mol. The number of fused-ring (bicyclic) bond motifs is 1. The summed E-state index contributed by atoms with van der Waals surface area (Å²) in [6.07, 6.45) is 0.758. The van der Waals surface area contributed by atoms with Crippen LogP contribution in [0.4, 0.5) is 4.79 Å². The molecule has 0 spiro atoms. The zero-order valence-electron chi connectivity index (χ0n) is 9.32. The van der Waals surface area contributed by atoms with Gasteiger partial charge in [0.15, 0.2) is 0 Å². The summed E-state index contributed by atoms with van der Waals surface area (Å²) in [6.45, 7) is 4.59. The van der Waals surface area contributed by atoms with Gasteiger partial charge in [-0.25, -0.2) is 4.79 Å². The summed E-state index contributed by atoms with van der Waals surface area (Å²) in [5, 5.41) is 8.07. The Hall–Kier alpha value is -1.16. The molecule has 16 heavy (non-hydrogen) atoms. The van der Waals surface area contributed by atoms with Gasteiger partial charge in [0.2, 0.25) is 0 Å². The van der Waals surface area contributed by atoms with Crippen LogP contribution in [0, 0.1) is 13.8 Å². The van der Waals surface area contributed by atoms with E-state index in [1.54, 1.807) is 0 Å². The molecule has 1 aliphatic rings. The molecule has 86 valence electrons. The second-order valence-electron chi connectivity index (χ2n) is 3.95. The number of hydrogen-bond acceptors (Lipinski definition) is 3. The van der Waals surface area contributed by atoms with Crippen molar-refractivity contribution in [3.05, 3.63) is 28.8 Å². The van der Waals surface area contributed by atoms with E-state index in [9.17, 15) is 4.79 Å².